The van der Waals surface area contributed by atoms with E-state index in [1.807, 2.05) is 44.3 Å². The maximum Gasteiger partial charge on any atom is 0.144 e. The maximum atomic E-state index is 9.03. The van der Waals surface area contributed by atoms with E-state index in [4.69, 9.17) is 15.7 Å². The lowest BCUT2D eigenvalue weighted by atomic mass is 10.2. The van der Waals surface area contributed by atoms with Gasteiger partial charge in [0.1, 0.15) is 17.5 Å². The molecule has 0 bridgehead atoms. The van der Waals surface area contributed by atoms with Crippen molar-refractivity contribution in [3.05, 3.63) is 42.2 Å². The summed E-state index contributed by atoms with van der Waals surface area (Å²) in [5, 5.41) is 9.03. The summed E-state index contributed by atoms with van der Waals surface area (Å²) < 4.78 is 7.39. The number of benzene rings is 1. The van der Waals surface area contributed by atoms with Gasteiger partial charge in [0.15, 0.2) is 0 Å². The molecule has 1 aromatic heterocycles. The first-order valence-corrected chi connectivity index (χ1v) is 5.76. The lowest BCUT2D eigenvalue weighted by molar-refractivity contribution is 0.244. The molecule has 0 aliphatic carbocycles. The fourth-order valence-electron chi connectivity index (χ4n) is 1.78. The molecule has 0 radical (unpaired) electrons. The minimum absolute atomic E-state index is 0.0580. The Kier molecular flexibility index (Phi) is 3.24. The largest absolute Gasteiger partial charge is 0.489 e. The second-order valence-corrected chi connectivity index (χ2v) is 4.23. The molecule has 0 atom stereocenters. The molecule has 2 rings (SSSR count). The van der Waals surface area contributed by atoms with Crippen molar-refractivity contribution < 1.29 is 4.74 Å². The van der Waals surface area contributed by atoms with Crippen molar-refractivity contribution in [1.82, 2.24) is 4.57 Å². The van der Waals surface area contributed by atoms with Crippen LogP contribution in [0.2, 0.25) is 0 Å². The van der Waals surface area contributed by atoms with Gasteiger partial charge in [0.05, 0.1) is 17.5 Å². The Balaban J connectivity index is 2.50. The number of ether oxygens (including phenoxy) is 1. The lowest BCUT2D eigenvalue weighted by Crippen LogP contribution is -2.09. The number of rotatable bonds is 3. The van der Waals surface area contributed by atoms with E-state index in [9.17, 15) is 0 Å². The van der Waals surface area contributed by atoms with Crippen LogP contribution in [0.3, 0.4) is 0 Å². The summed E-state index contributed by atoms with van der Waals surface area (Å²) in [6.07, 6.45) is 1.87. The van der Waals surface area contributed by atoms with Crippen LogP contribution in [0.15, 0.2) is 36.5 Å². The van der Waals surface area contributed by atoms with Crippen molar-refractivity contribution in [3.63, 3.8) is 0 Å². The van der Waals surface area contributed by atoms with Crippen LogP contribution in [0.5, 0.6) is 5.75 Å². The molecule has 0 fully saturated rings. The normalized spacial score (nSPS) is 10.3. The highest BCUT2D eigenvalue weighted by Gasteiger charge is 2.11. The number of nitriles is 1. The van der Waals surface area contributed by atoms with Gasteiger partial charge in [-0.25, -0.2) is 0 Å². The van der Waals surface area contributed by atoms with Crippen molar-refractivity contribution in [2.75, 3.05) is 5.73 Å². The Morgan fingerprint density at radius 3 is 2.72 bits per heavy atom. The van der Waals surface area contributed by atoms with E-state index in [1.54, 1.807) is 10.6 Å². The second-order valence-electron chi connectivity index (χ2n) is 4.23. The maximum absolute atomic E-state index is 9.03. The average molecular weight is 241 g/mol. The fourth-order valence-corrected chi connectivity index (χ4v) is 1.78. The van der Waals surface area contributed by atoms with E-state index < -0.39 is 0 Å². The molecular weight excluding hydrogens is 226 g/mol. The highest BCUT2D eigenvalue weighted by molar-refractivity contribution is 5.67. The second kappa shape index (κ2) is 4.84. The smallest absolute Gasteiger partial charge is 0.144 e. The first kappa shape index (κ1) is 12.1. The summed E-state index contributed by atoms with van der Waals surface area (Å²) in [5.74, 6) is 0.639. The van der Waals surface area contributed by atoms with E-state index >= 15 is 0 Å². The monoisotopic (exact) mass is 241 g/mol. The van der Waals surface area contributed by atoms with Gasteiger partial charge in [-0.1, -0.05) is 6.07 Å². The Labute approximate surface area is 106 Å². The molecule has 0 saturated carbocycles. The number of hydrogen-bond acceptors (Lipinski definition) is 3. The zero-order valence-corrected chi connectivity index (χ0v) is 10.4. The molecule has 4 nitrogen and oxygen atoms in total. The Morgan fingerprint density at radius 2 is 2.06 bits per heavy atom. The molecule has 18 heavy (non-hydrogen) atoms. The van der Waals surface area contributed by atoms with Crippen molar-refractivity contribution in [2.24, 2.45) is 0 Å². The highest BCUT2D eigenvalue weighted by atomic mass is 16.5. The van der Waals surface area contributed by atoms with Gasteiger partial charge in [0.25, 0.3) is 0 Å². The van der Waals surface area contributed by atoms with Crippen molar-refractivity contribution in [3.8, 4) is 17.5 Å². The summed E-state index contributed by atoms with van der Waals surface area (Å²) in [5.41, 5.74) is 7.94. The number of nitrogens with two attached hydrogens (primary N) is 1. The quantitative estimate of drug-likeness (QED) is 0.840. The molecule has 4 heteroatoms. The van der Waals surface area contributed by atoms with Crippen LogP contribution in [-0.2, 0) is 0 Å². The number of aromatic nitrogens is 1. The van der Waals surface area contributed by atoms with Gasteiger partial charge in [-0.3, -0.25) is 0 Å². The van der Waals surface area contributed by atoms with Gasteiger partial charge in [-0.2, -0.15) is 5.26 Å². The molecule has 92 valence electrons. The summed E-state index contributed by atoms with van der Waals surface area (Å²) in [4.78, 5) is 0. The van der Waals surface area contributed by atoms with E-state index in [0.717, 1.165) is 5.69 Å². The minimum Gasteiger partial charge on any atom is -0.489 e. The topological polar surface area (TPSA) is 64.0 Å². The van der Waals surface area contributed by atoms with E-state index in [0.29, 0.717) is 17.1 Å². The van der Waals surface area contributed by atoms with Crippen molar-refractivity contribution >= 4 is 5.69 Å². The molecular formula is C14H15N3O. The SMILES string of the molecule is CC(C)Oc1cccc(-n2cccc2C#N)c1N. The lowest BCUT2D eigenvalue weighted by Gasteiger charge is -2.15. The zero-order valence-electron chi connectivity index (χ0n) is 10.4. The molecule has 1 heterocycles. The van der Waals surface area contributed by atoms with Gasteiger partial charge >= 0.3 is 0 Å². The van der Waals surface area contributed by atoms with E-state index in [1.165, 1.54) is 0 Å². The molecule has 0 aliphatic heterocycles. The van der Waals surface area contributed by atoms with Gasteiger partial charge in [-0.05, 0) is 38.1 Å². The first-order chi connectivity index (χ1) is 8.63. The van der Waals surface area contributed by atoms with Gasteiger partial charge in [-0.15, -0.1) is 0 Å². The van der Waals surface area contributed by atoms with Gasteiger partial charge in [0, 0.05) is 6.20 Å². The molecule has 0 aliphatic rings. The summed E-state index contributed by atoms with van der Waals surface area (Å²) >= 11 is 0. The van der Waals surface area contributed by atoms with Crippen molar-refractivity contribution in [1.29, 1.82) is 5.26 Å². The Morgan fingerprint density at radius 1 is 1.28 bits per heavy atom. The Bertz CT molecular complexity index is 593. The number of para-hydroxylation sites is 1. The number of anilines is 1. The van der Waals surface area contributed by atoms with Gasteiger partial charge in [0.2, 0.25) is 0 Å². The third kappa shape index (κ3) is 2.16. The third-order valence-electron chi connectivity index (χ3n) is 2.53. The van der Waals surface area contributed by atoms with Crippen LogP contribution in [-0.4, -0.2) is 10.7 Å². The van der Waals surface area contributed by atoms with Crippen LogP contribution in [0.25, 0.3) is 5.69 Å². The number of nitrogens with zero attached hydrogens (tertiary/aromatic N) is 2. The zero-order chi connectivity index (χ0) is 13.1. The van der Waals surface area contributed by atoms with Crippen molar-refractivity contribution in [2.45, 2.75) is 20.0 Å². The van der Waals surface area contributed by atoms with Crippen LogP contribution < -0.4 is 10.5 Å². The van der Waals surface area contributed by atoms with Gasteiger partial charge < -0.3 is 15.0 Å². The Hall–Kier alpha value is -2.41. The average Bonchev–Trinajstić information content (AvgIpc) is 2.79. The van der Waals surface area contributed by atoms with Crippen LogP contribution >= 0.6 is 0 Å². The predicted molar refractivity (Wildman–Crippen MR) is 70.7 cm³/mol. The number of hydrogen-bond donors (Lipinski definition) is 1. The predicted octanol–water partition coefficient (Wildman–Crippen LogP) is 2.72. The first-order valence-electron chi connectivity index (χ1n) is 5.76. The summed E-state index contributed by atoms with van der Waals surface area (Å²) in [6.45, 7) is 3.89. The van der Waals surface area contributed by atoms with E-state index in [-0.39, 0.29) is 6.10 Å². The van der Waals surface area contributed by atoms with Crippen LogP contribution in [0.1, 0.15) is 19.5 Å². The minimum atomic E-state index is 0.0580. The third-order valence-corrected chi connectivity index (χ3v) is 2.53. The summed E-state index contributed by atoms with van der Waals surface area (Å²) in [6, 6.07) is 11.2. The fraction of sp³-hybridized carbons (Fsp3) is 0.214. The van der Waals surface area contributed by atoms with E-state index in [2.05, 4.69) is 6.07 Å². The molecule has 0 saturated heterocycles. The molecule has 1 aromatic carbocycles. The number of nitrogen functional groups attached to an aromatic ring is 1. The molecule has 2 aromatic rings. The standard InChI is InChI=1S/C14H15N3O/c1-10(2)18-13-7-3-6-12(14(13)16)17-8-4-5-11(17)9-15/h3-8,10H,16H2,1-2H3. The molecule has 0 spiro atoms. The van der Waals surface area contributed by atoms with Crippen LogP contribution in [0.4, 0.5) is 5.69 Å². The van der Waals surface area contributed by atoms with Crippen LogP contribution in [0, 0.1) is 11.3 Å². The highest BCUT2D eigenvalue weighted by Crippen LogP contribution is 2.29. The molecule has 0 unspecified atom stereocenters. The summed E-state index contributed by atoms with van der Waals surface area (Å²) in [7, 11) is 0. The molecule has 2 N–H and O–H groups in total. The molecule has 0 amide bonds.